The summed E-state index contributed by atoms with van der Waals surface area (Å²) in [6.07, 6.45) is 1.81. The van der Waals surface area contributed by atoms with Crippen LogP contribution in [-0.4, -0.2) is 5.11 Å². The Balaban J connectivity index is 2.61. The standard InChI is InChI=1S/C10H12ClNO/c1-6-2-3-7(13)8(9(6)11)10(12)4-5-10/h2-3,13H,4-5,12H2,1H3. The summed E-state index contributed by atoms with van der Waals surface area (Å²) in [5.74, 6) is 0.218. The zero-order valence-electron chi connectivity index (χ0n) is 7.47. The Morgan fingerprint density at radius 3 is 2.62 bits per heavy atom. The van der Waals surface area contributed by atoms with Gasteiger partial charge in [0.1, 0.15) is 5.75 Å². The van der Waals surface area contributed by atoms with Crippen molar-refractivity contribution in [3.8, 4) is 5.75 Å². The second-order valence-corrected chi connectivity index (χ2v) is 4.12. The summed E-state index contributed by atoms with van der Waals surface area (Å²) in [5, 5.41) is 10.2. The van der Waals surface area contributed by atoms with Gasteiger partial charge < -0.3 is 10.8 Å². The van der Waals surface area contributed by atoms with Crippen molar-refractivity contribution in [3.63, 3.8) is 0 Å². The zero-order chi connectivity index (χ0) is 9.64. The summed E-state index contributed by atoms with van der Waals surface area (Å²) in [4.78, 5) is 0. The normalized spacial score (nSPS) is 18.7. The molecule has 0 spiro atoms. The highest BCUT2D eigenvalue weighted by Crippen LogP contribution is 2.49. The third-order valence-corrected chi connectivity index (χ3v) is 3.09. The molecule has 3 heteroatoms. The van der Waals surface area contributed by atoms with Gasteiger partial charge in [-0.1, -0.05) is 17.7 Å². The van der Waals surface area contributed by atoms with Crippen LogP contribution in [0.5, 0.6) is 5.75 Å². The second kappa shape index (κ2) is 2.63. The lowest BCUT2D eigenvalue weighted by molar-refractivity contribution is 0.459. The molecule has 0 radical (unpaired) electrons. The largest absolute Gasteiger partial charge is 0.508 e. The van der Waals surface area contributed by atoms with Crippen LogP contribution in [0.1, 0.15) is 24.0 Å². The van der Waals surface area contributed by atoms with E-state index in [4.69, 9.17) is 17.3 Å². The van der Waals surface area contributed by atoms with Gasteiger partial charge in [-0.25, -0.2) is 0 Å². The topological polar surface area (TPSA) is 46.2 Å². The fourth-order valence-corrected chi connectivity index (χ4v) is 1.88. The first-order chi connectivity index (χ1) is 6.04. The van der Waals surface area contributed by atoms with E-state index in [2.05, 4.69) is 0 Å². The van der Waals surface area contributed by atoms with Crippen LogP contribution in [-0.2, 0) is 5.54 Å². The van der Waals surface area contributed by atoms with Crippen LogP contribution in [0, 0.1) is 6.92 Å². The van der Waals surface area contributed by atoms with E-state index in [-0.39, 0.29) is 11.3 Å². The summed E-state index contributed by atoms with van der Waals surface area (Å²) >= 11 is 6.08. The average molecular weight is 198 g/mol. The van der Waals surface area contributed by atoms with Crippen LogP contribution in [0.15, 0.2) is 12.1 Å². The van der Waals surface area contributed by atoms with Gasteiger partial charge in [0, 0.05) is 11.1 Å². The molecule has 0 atom stereocenters. The van der Waals surface area contributed by atoms with Gasteiger partial charge in [-0.05, 0) is 31.4 Å². The molecule has 13 heavy (non-hydrogen) atoms. The SMILES string of the molecule is Cc1ccc(O)c(C2(N)CC2)c1Cl. The van der Waals surface area contributed by atoms with Crippen LogP contribution in [0.3, 0.4) is 0 Å². The van der Waals surface area contributed by atoms with E-state index in [9.17, 15) is 5.11 Å². The number of hydrogen-bond donors (Lipinski definition) is 2. The molecule has 2 rings (SSSR count). The Morgan fingerprint density at radius 2 is 2.08 bits per heavy atom. The highest BCUT2D eigenvalue weighted by Gasteiger charge is 2.43. The molecule has 3 N–H and O–H groups in total. The quantitative estimate of drug-likeness (QED) is 0.726. The molecule has 70 valence electrons. The lowest BCUT2D eigenvalue weighted by Crippen LogP contribution is -2.19. The Bertz CT molecular complexity index is 358. The number of aryl methyl sites for hydroxylation is 1. The predicted molar refractivity (Wildman–Crippen MR) is 53.0 cm³/mol. The molecular weight excluding hydrogens is 186 g/mol. The van der Waals surface area contributed by atoms with E-state index in [1.165, 1.54) is 0 Å². The van der Waals surface area contributed by atoms with E-state index in [0.29, 0.717) is 10.6 Å². The van der Waals surface area contributed by atoms with Crippen molar-refractivity contribution in [1.29, 1.82) is 0 Å². The predicted octanol–water partition coefficient (Wildman–Crippen LogP) is 2.30. The lowest BCUT2D eigenvalue weighted by atomic mass is 10.0. The molecular formula is C10H12ClNO. The molecule has 1 aromatic rings. The van der Waals surface area contributed by atoms with Crippen LogP contribution in [0.25, 0.3) is 0 Å². The Morgan fingerprint density at radius 1 is 1.46 bits per heavy atom. The number of nitrogens with two attached hydrogens (primary N) is 1. The number of hydrogen-bond acceptors (Lipinski definition) is 2. The molecule has 2 nitrogen and oxygen atoms in total. The fraction of sp³-hybridized carbons (Fsp3) is 0.400. The van der Waals surface area contributed by atoms with Crippen molar-refractivity contribution in [2.45, 2.75) is 25.3 Å². The minimum atomic E-state index is -0.368. The molecule has 1 aliphatic rings. The van der Waals surface area contributed by atoms with Gasteiger partial charge in [-0.2, -0.15) is 0 Å². The number of benzene rings is 1. The van der Waals surface area contributed by atoms with E-state index in [1.807, 2.05) is 6.92 Å². The summed E-state index contributed by atoms with van der Waals surface area (Å²) < 4.78 is 0. The van der Waals surface area contributed by atoms with Crippen LogP contribution < -0.4 is 5.73 Å². The smallest absolute Gasteiger partial charge is 0.122 e. The molecule has 1 fully saturated rings. The van der Waals surface area contributed by atoms with Gasteiger partial charge in [-0.3, -0.25) is 0 Å². The van der Waals surface area contributed by atoms with Crippen LogP contribution in [0.2, 0.25) is 5.02 Å². The number of halogens is 1. The van der Waals surface area contributed by atoms with Crippen molar-refractivity contribution in [3.05, 3.63) is 28.3 Å². The molecule has 0 bridgehead atoms. The highest BCUT2D eigenvalue weighted by molar-refractivity contribution is 6.32. The van der Waals surface area contributed by atoms with Crippen LogP contribution >= 0.6 is 11.6 Å². The minimum Gasteiger partial charge on any atom is -0.508 e. The Hall–Kier alpha value is -0.730. The van der Waals surface area contributed by atoms with E-state index in [1.54, 1.807) is 12.1 Å². The molecule has 0 unspecified atom stereocenters. The van der Waals surface area contributed by atoms with Crippen molar-refractivity contribution in [2.24, 2.45) is 5.73 Å². The first-order valence-electron chi connectivity index (χ1n) is 4.32. The van der Waals surface area contributed by atoms with Crippen molar-refractivity contribution < 1.29 is 5.11 Å². The van der Waals surface area contributed by atoms with Crippen molar-refractivity contribution in [2.75, 3.05) is 0 Å². The van der Waals surface area contributed by atoms with Gasteiger partial charge in [0.2, 0.25) is 0 Å². The van der Waals surface area contributed by atoms with Crippen LogP contribution in [0.4, 0.5) is 0 Å². The van der Waals surface area contributed by atoms with Gasteiger partial charge >= 0.3 is 0 Å². The molecule has 0 heterocycles. The minimum absolute atomic E-state index is 0.218. The van der Waals surface area contributed by atoms with Gasteiger partial charge in [-0.15, -0.1) is 0 Å². The third-order valence-electron chi connectivity index (χ3n) is 2.60. The molecule has 1 saturated carbocycles. The molecule has 0 aliphatic heterocycles. The molecule has 0 aromatic heterocycles. The first kappa shape index (κ1) is 8.85. The van der Waals surface area contributed by atoms with E-state index in [0.717, 1.165) is 18.4 Å². The number of aromatic hydroxyl groups is 1. The number of phenols is 1. The van der Waals surface area contributed by atoms with E-state index < -0.39 is 0 Å². The monoisotopic (exact) mass is 197 g/mol. The van der Waals surface area contributed by atoms with Gasteiger partial charge in [0.25, 0.3) is 0 Å². The van der Waals surface area contributed by atoms with Crippen molar-refractivity contribution >= 4 is 11.6 Å². The first-order valence-corrected chi connectivity index (χ1v) is 4.70. The van der Waals surface area contributed by atoms with Gasteiger partial charge in [0.15, 0.2) is 0 Å². The summed E-state index contributed by atoms with van der Waals surface area (Å²) in [7, 11) is 0. The maximum atomic E-state index is 9.63. The second-order valence-electron chi connectivity index (χ2n) is 3.75. The molecule has 1 aromatic carbocycles. The molecule has 0 saturated heterocycles. The maximum absolute atomic E-state index is 9.63. The number of phenolic OH excluding ortho intramolecular Hbond substituents is 1. The Kier molecular flexibility index (Phi) is 1.79. The summed E-state index contributed by atoms with van der Waals surface area (Å²) in [5.41, 5.74) is 7.31. The summed E-state index contributed by atoms with van der Waals surface area (Å²) in [6, 6.07) is 3.45. The average Bonchev–Trinajstić information content (AvgIpc) is 2.78. The Labute approximate surface area is 82.3 Å². The van der Waals surface area contributed by atoms with E-state index >= 15 is 0 Å². The lowest BCUT2D eigenvalue weighted by Gasteiger charge is -2.14. The summed E-state index contributed by atoms with van der Waals surface area (Å²) in [6.45, 7) is 1.91. The molecule has 1 aliphatic carbocycles. The fourth-order valence-electron chi connectivity index (χ4n) is 1.53. The maximum Gasteiger partial charge on any atom is 0.122 e. The third kappa shape index (κ3) is 1.30. The van der Waals surface area contributed by atoms with Gasteiger partial charge in [0.05, 0.1) is 5.02 Å². The number of rotatable bonds is 1. The van der Waals surface area contributed by atoms with Crippen molar-refractivity contribution in [1.82, 2.24) is 0 Å². The molecule has 0 amide bonds. The zero-order valence-corrected chi connectivity index (χ0v) is 8.23. The highest BCUT2D eigenvalue weighted by atomic mass is 35.5.